The van der Waals surface area contributed by atoms with Crippen molar-refractivity contribution in [3.63, 3.8) is 0 Å². The Balaban J connectivity index is 1.74. The molecule has 0 saturated heterocycles. The number of nitrogens with one attached hydrogen (secondary N) is 2. The number of amides is 2. The Morgan fingerprint density at radius 3 is 2.32 bits per heavy atom. The third kappa shape index (κ3) is 7.65. The van der Waals surface area contributed by atoms with Gasteiger partial charge in [-0.2, -0.15) is 0 Å². The Kier molecular flexibility index (Phi) is 9.43. The van der Waals surface area contributed by atoms with Crippen molar-refractivity contribution in [2.45, 2.75) is 26.8 Å². The van der Waals surface area contributed by atoms with Gasteiger partial charge in [0.15, 0.2) is 0 Å². The van der Waals surface area contributed by atoms with E-state index in [0.29, 0.717) is 42.1 Å². The van der Waals surface area contributed by atoms with E-state index in [0.717, 1.165) is 16.7 Å². The lowest BCUT2D eigenvalue weighted by atomic mass is 10.1. The number of hydrogen-bond acceptors (Lipinski definition) is 5. The molecule has 3 aromatic rings. The van der Waals surface area contributed by atoms with E-state index in [-0.39, 0.29) is 18.4 Å². The molecule has 2 amide bonds. The summed E-state index contributed by atoms with van der Waals surface area (Å²) in [5, 5.41) is 5.62. The van der Waals surface area contributed by atoms with Gasteiger partial charge in [0, 0.05) is 25.8 Å². The van der Waals surface area contributed by atoms with Gasteiger partial charge in [-0.1, -0.05) is 36.4 Å². The number of methoxy groups -OCH3 is 1. The lowest BCUT2D eigenvalue weighted by molar-refractivity contribution is 0.0949. The molecule has 0 bridgehead atoms. The zero-order valence-electron chi connectivity index (χ0n) is 21.6. The first-order chi connectivity index (χ1) is 17.6. The van der Waals surface area contributed by atoms with E-state index in [1.165, 1.54) is 10.6 Å². The molecule has 0 unspecified atom stereocenters. The molecule has 3 rings (SSSR count). The van der Waals surface area contributed by atoms with Gasteiger partial charge < -0.3 is 15.4 Å². The minimum atomic E-state index is -3.54. The second-order valence-corrected chi connectivity index (χ2v) is 10.8. The lowest BCUT2D eigenvalue weighted by Gasteiger charge is -2.25. The third-order valence-electron chi connectivity index (χ3n) is 5.81. The first kappa shape index (κ1) is 27.9. The van der Waals surface area contributed by atoms with Crippen molar-refractivity contribution in [2.75, 3.05) is 36.1 Å². The normalized spacial score (nSPS) is 11.1. The van der Waals surface area contributed by atoms with E-state index < -0.39 is 10.0 Å². The van der Waals surface area contributed by atoms with Crippen molar-refractivity contribution < 1.29 is 22.7 Å². The van der Waals surface area contributed by atoms with Gasteiger partial charge in [-0.25, -0.2) is 8.42 Å². The van der Waals surface area contributed by atoms with Crippen LogP contribution in [0.3, 0.4) is 0 Å². The van der Waals surface area contributed by atoms with Crippen LogP contribution in [0.2, 0.25) is 0 Å². The van der Waals surface area contributed by atoms with Crippen molar-refractivity contribution in [1.82, 2.24) is 5.32 Å². The molecule has 0 saturated carbocycles. The van der Waals surface area contributed by atoms with Gasteiger partial charge in [0.25, 0.3) is 11.8 Å². The van der Waals surface area contributed by atoms with Crippen LogP contribution in [-0.4, -0.2) is 46.7 Å². The van der Waals surface area contributed by atoms with Crippen LogP contribution in [0.25, 0.3) is 0 Å². The smallest absolute Gasteiger partial charge is 0.255 e. The second-order valence-electron chi connectivity index (χ2n) is 8.86. The van der Waals surface area contributed by atoms with Gasteiger partial charge in [-0.15, -0.1) is 0 Å². The zero-order chi connectivity index (χ0) is 27.0. The number of rotatable bonds is 11. The Morgan fingerprint density at radius 1 is 0.946 bits per heavy atom. The molecule has 0 atom stereocenters. The highest BCUT2D eigenvalue weighted by Gasteiger charge is 2.20. The van der Waals surface area contributed by atoms with Gasteiger partial charge >= 0.3 is 0 Å². The summed E-state index contributed by atoms with van der Waals surface area (Å²) in [6.07, 6.45) is 1.87. The molecule has 0 aliphatic rings. The molecule has 0 aromatic heterocycles. The summed E-state index contributed by atoms with van der Waals surface area (Å²) in [7, 11) is -1.93. The molecule has 196 valence electrons. The summed E-state index contributed by atoms with van der Waals surface area (Å²) in [4.78, 5) is 25.5. The molecule has 2 N–H and O–H groups in total. The molecule has 8 nitrogen and oxygen atoms in total. The standard InChI is InChI=1S/C28H33N3O5S/c1-20-10-11-21(2)26(18-20)31(37(4,34)35)19-22-12-14-23(15-13-22)27(32)30-25-9-6-5-8-24(25)28(33)29-16-7-17-36-3/h5-6,8-15,18H,7,16-17,19H2,1-4H3,(H,29,33)(H,30,32). The number of anilines is 2. The van der Waals surface area contributed by atoms with E-state index >= 15 is 0 Å². The minimum absolute atomic E-state index is 0.136. The number of sulfonamides is 1. The van der Waals surface area contributed by atoms with Crippen molar-refractivity contribution in [3.05, 3.63) is 94.5 Å². The van der Waals surface area contributed by atoms with Gasteiger partial charge in [0.1, 0.15) is 0 Å². The monoisotopic (exact) mass is 523 g/mol. The third-order valence-corrected chi connectivity index (χ3v) is 6.93. The van der Waals surface area contributed by atoms with Crippen LogP contribution in [0.15, 0.2) is 66.7 Å². The van der Waals surface area contributed by atoms with Crippen LogP contribution in [0.1, 0.15) is 43.8 Å². The van der Waals surface area contributed by atoms with Crippen LogP contribution in [0.4, 0.5) is 11.4 Å². The highest BCUT2D eigenvalue weighted by atomic mass is 32.2. The van der Waals surface area contributed by atoms with Crippen molar-refractivity contribution in [3.8, 4) is 0 Å². The molecule has 0 fully saturated rings. The van der Waals surface area contributed by atoms with Crippen LogP contribution in [0.5, 0.6) is 0 Å². The number of para-hydroxylation sites is 1. The van der Waals surface area contributed by atoms with Crippen molar-refractivity contribution >= 4 is 33.2 Å². The maximum absolute atomic E-state index is 12.9. The van der Waals surface area contributed by atoms with Gasteiger partial charge in [0.05, 0.1) is 29.7 Å². The van der Waals surface area contributed by atoms with Gasteiger partial charge in [-0.3, -0.25) is 13.9 Å². The predicted octanol–water partition coefficient (Wildman–Crippen LogP) is 4.29. The van der Waals surface area contributed by atoms with Crippen LogP contribution >= 0.6 is 0 Å². The molecule has 0 aliphatic heterocycles. The predicted molar refractivity (Wildman–Crippen MR) is 147 cm³/mol. The summed E-state index contributed by atoms with van der Waals surface area (Å²) in [5.74, 6) is -0.657. The fraction of sp³-hybridized carbons (Fsp3) is 0.286. The molecule has 37 heavy (non-hydrogen) atoms. The summed E-state index contributed by atoms with van der Waals surface area (Å²) < 4.78 is 31.5. The molecule has 3 aromatic carbocycles. The highest BCUT2D eigenvalue weighted by Crippen LogP contribution is 2.26. The van der Waals surface area contributed by atoms with E-state index in [1.54, 1.807) is 55.6 Å². The maximum Gasteiger partial charge on any atom is 0.255 e. The summed E-state index contributed by atoms with van der Waals surface area (Å²) in [6.45, 7) is 4.93. The second kappa shape index (κ2) is 12.5. The van der Waals surface area contributed by atoms with Crippen molar-refractivity contribution in [2.24, 2.45) is 0 Å². The Morgan fingerprint density at radius 2 is 1.65 bits per heavy atom. The van der Waals surface area contributed by atoms with Crippen LogP contribution in [0, 0.1) is 13.8 Å². The SMILES string of the molecule is COCCCNC(=O)c1ccccc1NC(=O)c1ccc(CN(c2cc(C)ccc2C)S(C)(=O)=O)cc1. The maximum atomic E-state index is 12.9. The highest BCUT2D eigenvalue weighted by molar-refractivity contribution is 7.92. The quantitative estimate of drug-likeness (QED) is 0.365. The van der Waals surface area contributed by atoms with Gasteiger partial charge in [-0.05, 0) is 67.3 Å². The lowest BCUT2D eigenvalue weighted by Crippen LogP contribution is -2.30. The fourth-order valence-corrected chi connectivity index (χ4v) is 4.73. The Labute approximate surface area is 218 Å². The minimum Gasteiger partial charge on any atom is -0.385 e. The largest absolute Gasteiger partial charge is 0.385 e. The molecule has 0 radical (unpaired) electrons. The molecule has 0 heterocycles. The van der Waals surface area contributed by atoms with E-state index in [9.17, 15) is 18.0 Å². The number of carbonyl (C=O) groups is 2. The summed E-state index contributed by atoms with van der Waals surface area (Å²) in [6, 6.07) is 19.2. The van der Waals surface area contributed by atoms with Crippen LogP contribution in [-0.2, 0) is 21.3 Å². The topological polar surface area (TPSA) is 105 Å². The van der Waals surface area contributed by atoms with Crippen LogP contribution < -0.4 is 14.9 Å². The number of aryl methyl sites for hydroxylation is 2. The summed E-state index contributed by atoms with van der Waals surface area (Å²) in [5.41, 5.74) is 4.33. The molecule has 0 spiro atoms. The Hall–Kier alpha value is -3.69. The first-order valence-electron chi connectivity index (χ1n) is 11.9. The Bertz CT molecular complexity index is 1350. The summed E-state index contributed by atoms with van der Waals surface area (Å²) >= 11 is 0. The molecule has 9 heteroatoms. The van der Waals surface area contributed by atoms with E-state index in [1.807, 2.05) is 32.0 Å². The average molecular weight is 524 g/mol. The molecular weight excluding hydrogens is 490 g/mol. The van der Waals surface area contributed by atoms with E-state index in [4.69, 9.17) is 4.74 Å². The average Bonchev–Trinajstić information content (AvgIpc) is 2.86. The molecule has 0 aliphatic carbocycles. The van der Waals surface area contributed by atoms with Gasteiger partial charge in [0.2, 0.25) is 10.0 Å². The molecular formula is C28H33N3O5S. The zero-order valence-corrected chi connectivity index (χ0v) is 22.4. The number of ether oxygens (including phenoxy) is 1. The van der Waals surface area contributed by atoms with E-state index in [2.05, 4.69) is 10.6 Å². The number of hydrogen-bond donors (Lipinski definition) is 2. The number of benzene rings is 3. The number of nitrogens with zero attached hydrogens (tertiary/aromatic N) is 1. The number of carbonyl (C=O) groups excluding carboxylic acids is 2. The van der Waals surface area contributed by atoms with Crippen molar-refractivity contribution in [1.29, 1.82) is 0 Å². The first-order valence-corrected chi connectivity index (χ1v) is 13.8. The fourth-order valence-electron chi connectivity index (χ4n) is 3.79.